The summed E-state index contributed by atoms with van der Waals surface area (Å²) < 4.78 is 48.9. The zero-order valence-electron chi connectivity index (χ0n) is 18.0. The normalized spacial score (nSPS) is 15.8. The lowest BCUT2D eigenvalue weighted by Gasteiger charge is -2.14. The van der Waals surface area contributed by atoms with Crippen LogP contribution in [0.15, 0.2) is 53.6 Å². The van der Waals surface area contributed by atoms with Crippen LogP contribution in [0.5, 0.6) is 0 Å². The van der Waals surface area contributed by atoms with Gasteiger partial charge < -0.3 is 10.6 Å². The SMILES string of the molecule is Cc1cnc(Nc2ccc3c(c2)[C@H](NS(C)(=O)=O)CC3)nc1Nc1ccc(S(N)(=O)=O)cc1. The molecule has 0 unspecified atom stereocenters. The van der Waals surface area contributed by atoms with Gasteiger partial charge in [0.05, 0.1) is 11.2 Å². The quantitative estimate of drug-likeness (QED) is 0.395. The molecule has 10 nitrogen and oxygen atoms in total. The summed E-state index contributed by atoms with van der Waals surface area (Å²) in [4.78, 5) is 8.87. The molecule has 0 saturated heterocycles. The summed E-state index contributed by atoms with van der Waals surface area (Å²) in [6.07, 6.45) is 4.34. The number of primary sulfonamides is 1. The van der Waals surface area contributed by atoms with E-state index in [2.05, 4.69) is 25.3 Å². The molecule has 33 heavy (non-hydrogen) atoms. The van der Waals surface area contributed by atoms with E-state index in [0.717, 1.165) is 35.1 Å². The lowest BCUT2D eigenvalue weighted by molar-refractivity contribution is 0.560. The first-order valence-electron chi connectivity index (χ1n) is 10.1. The number of hydrogen-bond donors (Lipinski definition) is 4. The second-order valence-electron chi connectivity index (χ2n) is 7.94. The summed E-state index contributed by atoms with van der Waals surface area (Å²) in [7, 11) is -7.08. The Bertz CT molecular complexity index is 1410. The van der Waals surface area contributed by atoms with Crippen molar-refractivity contribution in [3.8, 4) is 0 Å². The lowest BCUT2D eigenvalue weighted by atomic mass is 10.1. The van der Waals surface area contributed by atoms with Crippen LogP contribution in [0.2, 0.25) is 0 Å². The second kappa shape index (κ2) is 8.71. The molecule has 1 aromatic heterocycles. The Labute approximate surface area is 192 Å². The Morgan fingerprint density at radius 1 is 1.00 bits per heavy atom. The number of nitrogens with two attached hydrogens (primary N) is 1. The number of nitrogens with zero attached hydrogens (tertiary/aromatic N) is 2. The van der Waals surface area contributed by atoms with Crippen LogP contribution in [0, 0.1) is 6.92 Å². The van der Waals surface area contributed by atoms with Gasteiger partial charge in [0.25, 0.3) is 0 Å². The molecule has 2 aromatic carbocycles. The molecule has 174 valence electrons. The molecule has 0 saturated carbocycles. The van der Waals surface area contributed by atoms with E-state index >= 15 is 0 Å². The smallest absolute Gasteiger partial charge is 0.238 e. The van der Waals surface area contributed by atoms with Crippen molar-refractivity contribution in [1.29, 1.82) is 0 Å². The zero-order chi connectivity index (χ0) is 23.8. The van der Waals surface area contributed by atoms with Gasteiger partial charge in [-0.2, -0.15) is 4.98 Å². The first-order valence-corrected chi connectivity index (χ1v) is 13.5. The average molecular weight is 489 g/mol. The molecular formula is C21H24N6O4S2. The molecule has 3 aromatic rings. The summed E-state index contributed by atoms with van der Waals surface area (Å²) in [5, 5.41) is 11.5. The number of benzene rings is 2. The van der Waals surface area contributed by atoms with Crippen LogP contribution < -0.4 is 20.5 Å². The highest BCUT2D eigenvalue weighted by Gasteiger charge is 2.25. The summed E-state index contributed by atoms with van der Waals surface area (Å²) in [5.41, 5.74) is 4.22. The molecule has 0 bridgehead atoms. The van der Waals surface area contributed by atoms with Gasteiger partial charge in [0.1, 0.15) is 5.82 Å². The van der Waals surface area contributed by atoms with Crippen molar-refractivity contribution in [2.45, 2.75) is 30.7 Å². The molecule has 1 heterocycles. The topological polar surface area (TPSA) is 156 Å². The molecule has 1 aliphatic carbocycles. The van der Waals surface area contributed by atoms with Gasteiger partial charge >= 0.3 is 0 Å². The Morgan fingerprint density at radius 2 is 1.70 bits per heavy atom. The Morgan fingerprint density at radius 3 is 2.36 bits per heavy atom. The van der Waals surface area contributed by atoms with E-state index in [1.54, 1.807) is 18.3 Å². The minimum absolute atomic E-state index is 0.0232. The van der Waals surface area contributed by atoms with Crippen molar-refractivity contribution in [1.82, 2.24) is 14.7 Å². The fourth-order valence-corrected chi connectivity index (χ4v) is 4.96. The van der Waals surface area contributed by atoms with Gasteiger partial charge in [-0.1, -0.05) is 6.07 Å². The van der Waals surface area contributed by atoms with Crippen LogP contribution in [0.4, 0.5) is 23.1 Å². The Kier molecular flexibility index (Phi) is 6.10. The number of fused-ring (bicyclic) bond motifs is 1. The van der Waals surface area contributed by atoms with E-state index in [-0.39, 0.29) is 10.9 Å². The largest absolute Gasteiger partial charge is 0.340 e. The first kappa shape index (κ1) is 23.1. The molecule has 1 aliphatic rings. The predicted molar refractivity (Wildman–Crippen MR) is 127 cm³/mol. The molecule has 0 fully saturated rings. The van der Waals surface area contributed by atoms with Crippen molar-refractivity contribution < 1.29 is 16.8 Å². The van der Waals surface area contributed by atoms with Crippen LogP contribution in [-0.4, -0.2) is 33.1 Å². The van der Waals surface area contributed by atoms with Gasteiger partial charge in [0, 0.05) is 29.2 Å². The van der Waals surface area contributed by atoms with Crippen LogP contribution in [0.1, 0.15) is 29.2 Å². The van der Waals surface area contributed by atoms with E-state index < -0.39 is 20.0 Å². The zero-order valence-corrected chi connectivity index (χ0v) is 19.7. The number of hydrogen-bond acceptors (Lipinski definition) is 8. The van der Waals surface area contributed by atoms with E-state index in [9.17, 15) is 16.8 Å². The molecule has 5 N–H and O–H groups in total. The molecule has 0 aliphatic heterocycles. The van der Waals surface area contributed by atoms with Crippen LogP contribution in [0.25, 0.3) is 0 Å². The third-order valence-corrected chi connectivity index (χ3v) is 6.90. The summed E-state index contributed by atoms with van der Waals surface area (Å²) >= 11 is 0. The number of aryl methyl sites for hydroxylation is 2. The highest BCUT2D eigenvalue weighted by Crippen LogP contribution is 2.34. The molecule has 4 rings (SSSR count). The highest BCUT2D eigenvalue weighted by atomic mass is 32.2. The van der Waals surface area contributed by atoms with E-state index in [4.69, 9.17) is 5.14 Å². The molecule has 1 atom stereocenters. The predicted octanol–water partition coefficient (Wildman–Crippen LogP) is 2.46. The summed E-state index contributed by atoms with van der Waals surface area (Å²) in [5.74, 6) is 0.906. The van der Waals surface area contributed by atoms with Crippen molar-refractivity contribution in [3.63, 3.8) is 0 Å². The first-order chi connectivity index (χ1) is 15.5. The average Bonchev–Trinajstić information content (AvgIpc) is 3.11. The highest BCUT2D eigenvalue weighted by molar-refractivity contribution is 7.89. The molecule has 0 amide bonds. The minimum Gasteiger partial charge on any atom is -0.340 e. The number of aromatic nitrogens is 2. The van der Waals surface area contributed by atoms with E-state index in [1.165, 1.54) is 12.1 Å². The van der Waals surface area contributed by atoms with Gasteiger partial charge in [0.2, 0.25) is 26.0 Å². The van der Waals surface area contributed by atoms with Crippen LogP contribution in [0.3, 0.4) is 0 Å². The van der Waals surface area contributed by atoms with E-state index in [0.29, 0.717) is 23.9 Å². The van der Waals surface area contributed by atoms with Crippen LogP contribution >= 0.6 is 0 Å². The van der Waals surface area contributed by atoms with Gasteiger partial charge in [-0.3, -0.25) is 0 Å². The number of nitrogens with one attached hydrogen (secondary N) is 3. The van der Waals surface area contributed by atoms with E-state index in [1.807, 2.05) is 25.1 Å². The number of anilines is 4. The lowest BCUT2D eigenvalue weighted by Crippen LogP contribution is -2.25. The van der Waals surface area contributed by atoms with Crippen molar-refractivity contribution in [2.75, 3.05) is 16.9 Å². The molecule has 12 heteroatoms. The van der Waals surface area contributed by atoms with Crippen LogP contribution in [-0.2, 0) is 26.5 Å². The molecule has 0 spiro atoms. The summed E-state index contributed by atoms with van der Waals surface area (Å²) in [6, 6.07) is 11.6. The maximum Gasteiger partial charge on any atom is 0.238 e. The summed E-state index contributed by atoms with van der Waals surface area (Å²) in [6.45, 7) is 1.85. The standard InChI is InChI=1S/C21H24N6O4S2/c1-13-12-23-21(26-20(13)24-15-6-8-17(9-7-15)33(22,30)31)25-16-5-3-14-4-10-19(18(14)11-16)27-32(2,28)29/h3,5-9,11-12,19,27H,4,10H2,1-2H3,(H2,22,30,31)(H2,23,24,25,26)/t19-/m1/s1. The fourth-order valence-electron chi connectivity index (χ4n) is 3.68. The maximum absolute atomic E-state index is 11.7. The van der Waals surface area contributed by atoms with Gasteiger partial charge in [0.15, 0.2) is 0 Å². The van der Waals surface area contributed by atoms with Crippen molar-refractivity contribution in [2.24, 2.45) is 5.14 Å². The van der Waals surface area contributed by atoms with Crippen molar-refractivity contribution >= 4 is 43.2 Å². The van der Waals surface area contributed by atoms with Gasteiger partial charge in [-0.05, 0) is 67.3 Å². The third kappa shape index (κ3) is 5.66. The van der Waals surface area contributed by atoms with Crippen molar-refractivity contribution in [3.05, 3.63) is 65.4 Å². The third-order valence-electron chi connectivity index (χ3n) is 5.25. The Hall–Kier alpha value is -3.06. The molecule has 0 radical (unpaired) electrons. The monoisotopic (exact) mass is 488 g/mol. The number of rotatable bonds is 7. The Balaban J connectivity index is 1.53. The number of sulfonamides is 2. The molecular weight excluding hydrogens is 464 g/mol. The fraction of sp³-hybridized carbons (Fsp3) is 0.238. The minimum atomic E-state index is -3.76. The second-order valence-corrected chi connectivity index (χ2v) is 11.3. The maximum atomic E-state index is 11.7. The van der Waals surface area contributed by atoms with Gasteiger partial charge in [-0.15, -0.1) is 0 Å². The van der Waals surface area contributed by atoms with Gasteiger partial charge in [-0.25, -0.2) is 31.7 Å².